The second-order valence-electron chi connectivity index (χ2n) is 7.79. The van der Waals surface area contributed by atoms with Gasteiger partial charge < -0.3 is 10.2 Å². The fourth-order valence-electron chi connectivity index (χ4n) is 4.38. The molecule has 3 rings (SSSR count). The van der Waals surface area contributed by atoms with Crippen LogP contribution >= 0.6 is 0 Å². The van der Waals surface area contributed by atoms with Gasteiger partial charge in [-0.1, -0.05) is 26.7 Å². The first kappa shape index (κ1) is 16.3. The maximum absolute atomic E-state index is 12.6. The van der Waals surface area contributed by atoms with Gasteiger partial charge in [0.25, 0.3) is 0 Å². The first-order chi connectivity index (χ1) is 11.0. The van der Waals surface area contributed by atoms with Crippen molar-refractivity contribution in [1.82, 2.24) is 20.0 Å². The molecule has 1 atom stereocenters. The van der Waals surface area contributed by atoms with E-state index in [-0.39, 0.29) is 6.03 Å². The smallest absolute Gasteiger partial charge is 0.317 e. The molecule has 0 aromatic carbocycles. The van der Waals surface area contributed by atoms with Crippen molar-refractivity contribution in [2.75, 3.05) is 19.6 Å². The van der Waals surface area contributed by atoms with Gasteiger partial charge >= 0.3 is 6.03 Å². The fraction of sp³-hybridized carbons (Fsp3) is 0.778. The number of nitrogens with zero attached hydrogens (tertiary/aromatic N) is 3. The molecule has 128 valence electrons. The lowest BCUT2D eigenvalue weighted by Crippen LogP contribution is -2.41. The van der Waals surface area contributed by atoms with Gasteiger partial charge in [-0.25, -0.2) is 4.79 Å². The van der Waals surface area contributed by atoms with E-state index in [0.29, 0.717) is 23.8 Å². The van der Waals surface area contributed by atoms with E-state index in [9.17, 15) is 4.79 Å². The van der Waals surface area contributed by atoms with Gasteiger partial charge in [-0.3, -0.25) is 4.68 Å². The predicted molar refractivity (Wildman–Crippen MR) is 91.3 cm³/mol. The van der Waals surface area contributed by atoms with Crippen LogP contribution in [0.15, 0.2) is 12.3 Å². The van der Waals surface area contributed by atoms with Crippen LogP contribution in [0.5, 0.6) is 0 Å². The number of carbonyl (C=O) groups excluding carboxylic acids is 1. The van der Waals surface area contributed by atoms with Gasteiger partial charge in [0, 0.05) is 44.5 Å². The highest BCUT2D eigenvalue weighted by molar-refractivity contribution is 5.74. The molecule has 0 radical (unpaired) electrons. The molecule has 23 heavy (non-hydrogen) atoms. The molecule has 1 aromatic heterocycles. The lowest BCUT2D eigenvalue weighted by atomic mass is 9.86. The molecular formula is C18H30N4O. The molecule has 5 nitrogen and oxygen atoms in total. The predicted octanol–water partition coefficient (Wildman–Crippen LogP) is 3.14. The summed E-state index contributed by atoms with van der Waals surface area (Å²) in [6.45, 7) is 6.96. The number of aryl methyl sites for hydroxylation is 1. The van der Waals surface area contributed by atoms with E-state index >= 15 is 0 Å². The summed E-state index contributed by atoms with van der Waals surface area (Å²) in [5.74, 6) is 0.764. The Morgan fingerprint density at radius 3 is 2.70 bits per heavy atom. The standard InChI is InChI=1S/C18H30N4O/c1-14(2)15(16-6-10-20-21(16)3)12-19-17(23)22-11-9-18(13-22)7-4-5-8-18/h6,10,14-15H,4-5,7-9,11-13H2,1-3H3,(H,19,23)/t15-/m0/s1. The van der Waals surface area contributed by atoms with E-state index in [1.54, 1.807) is 0 Å². The van der Waals surface area contributed by atoms with Gasteiger partial charge in [-0.2, -0.15) is 5.10 Å². The van der Waals surface area contributed by atoms with E-state index in [2.05, 4.69) is 30.3 Å². The number of hydrogen-bond donors (Lipinski definition) is 1. The summed E-state index contributed by atoms with van der Waals surface area (Å²) in [7, 11) is 1.97. The second-order valence-corrected chi connectivity index (χ2v) is 7.79. The van der Waals surface area contributed by atoms with Crippen molar-refractivity contribution in [3.8, 4) is 0 Å². The van der Waals surface area contributed by atoms with Crippen molar-refractivity contribution in [2.45, 2.75) is 51.9 Å². The summed E-state index contributed by atoms with van der Waals surface area (Å²) in [6.07, 6.45) is 8.31. The van der Waals surface area contributed by atoms with E-state index in [0.717, 1.165) is 13.1 Å². The van der Waals surface area contributed by atoms with E-state index in [1.807, 2.05) is 22.8 Å². The summed E-state index contributed by atoms with van der Waals surface area (Å²) < 4.78 is 1.92. The first-order valence-electron chi connectivity index (χ1n) is 9.01. The van der Waals surface area contributed by atoms with Crippen LogP contribution in [-0.2, 0) is 7.05 Å². The number of likely N-dealkylation sites (tertiary alicyclic amines) is 1. The monoisotopic (exact) mass is 318 g/mol. The molecule has 1 saturated carbocycles. The molecule has 0 unspecified atom stereocenters. The van der Waals surface area contributed by atoms with Crippen LogP contribution in [0.4, 0.5) is 4.79 Å². The summed E-state index contributed by atoms with van der Waals surface area (Å²) >= 11 is 0. The van der Waals surface area contributed by atoms with Gasteiger partial charge in [0.1, 0.15) is 0 Å². The number of nitrogens with one attached hydrogen (secondary N) is 1. The lowest BCUT2D eigenvalue weighted by Gasteiger charge is -2.26. The molecule has 0 bridgehead atoms. The molecule has 2 amide bonds. The number of carbonyl (C=O) groups is 1. The second kappa shape index (κ2) is 6.54. The minimum atomic E-state index is 0.113. The normalized spacial score (nSPS) is 21.3. The molecule has 1 N–H and O–H groups in total. The van der Waals surface area contributed by atoms with Crippen molar-refractivity contribution in [3.63, 3.8) is 0 Å². The van der Waals surface area contributed by atoms with Crippen molar-refractivity contribution in [3.05, 3.63) is 18.0 Å². The third-order valence-corrected chi connectivity index (χ3v) is 5.91. The molecule has 1 spiro atoms. The Hall–Kier alpha value is -1.52. The van der Waals surface area contributed by atoms with E-state index < -0.39 is 0 Å². The van der Waals surface area contributed by atoms with Crippen LogP contribution in [0.3, 0.4) is 0 Å². The molecule has 2 fully saturated rings. The molecule has 2 aliphatic rings. The van der Waals surface area contributed by atoms with E-state index in [1.165, 1.54) is 37.8 Å². The third kappa shape index (κ3) is 3.38. The van der Waals surface area contributed by atoms with Gasteiger partial charge in [0.05, 0.1) is 0 Å². The Morgan fingerprint density at radius 2 is 2.09 bits per heavy atom. The Labute approximate surface area is 139 Å². The molecule has 1 aromatic rings. The minimum absolute atomic E-state index is 0.113. The van der Waals surface area contributed by atoms with Gasteiger partial charge in [-0.15, -0.1) is 0 Å². The molecule has 1 aliphatic carbocycles. The van der Waals surface area contributed by atoms with Crippen molar-refractivity contribution in [2.24, 2.45) is 18.4 Å². The van der Waals surface area contributed by atoms with Crippen molar-refractivity contribution < 1.29 is 4.79 Å². The summed E-state index contributed by atoms with van der Waals surface area (Å²) in [5, 5.41) is 7.44. The lowest BCUT2D eigenvalue weighted by molar-refractivity contribution is 0.198. The number of aromatic nitrogens is 2. The topological polar surface area (TPSA) is 50.2 Å². The Bertz CT molecular complexity index is 545. The molecule has 1 aliphatic heterocycles. The van der Waals surface area contributed by atoms with Gasteiger partial charge in [0.2, 0.25) is 0 Å². The highest BCUT2D eigenvalue weighted by Crippen LogP contribution is 2.45. The maximum Gasteiger partial charge on any atom is 0.317 e. The first-order valence-corrected chi connectivity index (χ1v) is 9.01. The molecule has 1 saturated heterocycles. The zero-order chi connectivity index (χ0) is 16.4. The molecular weight excluding hydrogens is 288 g/mol. The quantitative estimate of drug-likeness (QED) is 0.927. The van der Waals surface area contributed by atoms with Gasteiger partial charge in [-0.05, 0) is 36.7 Å². The van der Waals surface area contributed by atoms with Crippen LogP contribution < -0.4 is 5.32 Å². The van der Waals surface area contributed by atoms with Crippen LogP contribution in [0.1, 0.15) is 57.6 Å². The van der Waals surface area contributed by atoms with Crippen molar-refractivity contribution in [1.29, 1.82) is 0 Å². The highest BCUT2D eigenvalue weighted by Gasteiger charge is 2.41. The van der Waals surface area contributed by atoms with Crippen LogP contribution in [0.25, 0.3) is 0 Å². The Balaban J connectivity index is 1.56. The fourth-order valence-corrected chi connectivity index (χ4v) is 4.38. The number of rotatable bonds is 4. The van der Waals surface area contributed by atoms with Crippen LogP contribution in [0.2, 0.25) is 0 Å². The Kier molecular flexibility index (Phi) is 4.64. The third-order valence-electron chi connectivity index (χ3n) is 5.91. The Morgan fingerprint density at radius 1 is 1.35 bits per heavy atom. The zero-order valence-electron chi connectivity index (χ0n) is 14.7. The molecule has 2 heterocycles. The van der Waals surface area contributed by atoms with Crippen molar-refractivity contribution >= 4 is 6.03 Å². The summed E-state index contributed by atoms with van der Waals surface area (Å²) in [6, 6.07) is 2.17. The number of amides is 2. The van der Waals surface area contributed by atoms with E-state index in [4.69, 9.17) is 0 Å². The zero-order valence-corrected chi connectivity index (χ0v) is 14.7. The van der Waals surface area contributed by atoms with Gasteiger partial charge in [0.15, 0.2) is 0 Å². The highest BCUT2D eigenvalue weighted by atomic mass is 16.2. The number of urea groups is 1. The average Bonchev–Trinajstić information content (AvgIpc) is 3.23. The SMILES string of the molecule is CC(C)[C@H](CNC(=O)N1CCC2(CCCC2)C1)c1ccnn1C. The summed E-state index contributed by atoms with van der Waals surface area (Å²) in [5.41, 5.74) is 1.63. The van der Waals surface area contributed by atoms with Crippen LogP contribution in [-0.4, -0.2) is 40.3 Å². The summed E-state index contributed by atoms with van der Waals surface area (Å²) in [4.78, 5) is 14.6. The maximum atomic E-state index is 12.6. The van der Waals surface area contributed by atoms with Crippen LogP contribution in [0, 0.1) is 11.3 Å². The largest absolute Gasteiger partial charge is 0.337 e. The molecule has 5 heteroatoms. The minimum Gasteiger partial charge on any atom is -0.337 e. The average molecular weight is 318 g/mol. The number of hydrogen-bond acceptors (Lipinski definition) is 2.